The molecular weight excluding hydrogens is 334 g/mol. The van der Waals surface area contributed by atoms with Gasteiger partial charge in [0.05, 0.1) is 29.7 Å². The zero-order chi connectivity index (χ0) is 18.0. The number of thiazole rings is 1. The van der Waals surface area contributed by atoms with Gasteiger partial charge < -0.3 is 14.2 Å². The quantitative estimate of drug-likeness (QED) is 0.542. The molecule has 6 nitrogen and oxygen atoms in total. The SMILES string of the molecule is CCC(C(c1ccc2nc(C(=N)OC)sc2c1)n1ccnc1)N(C)C. The molecule has 0 amide bonds. The van der Waals surface area contributed by atoms with Gasteiger partial charge in [-0.05, 0) is 38.2 Å². The summed E-state index contributed by atoms with van der Waals surface area (Å²) in [6.45, 7) is 2.21. The van der Waals surface area contributed by atoms with Crippen LogP contribution in [0.15, 0.2) is 36.9 Å². The van der Waals surface area contributed by atoms with E-state index in [-0.39, 0.29) is 11.9 Å². The molecule has 0 spiro atoms. The van der Waals surface area contributed by atoms with Crippen LogP contribution in [0.2, 0.25) is 0 Å². The van der Waals surface area contributed by atoms with E-state index >= 15 is 0 Å². The Morgan fingerprint density at radius 2 is 2.20 bits per heavy atom. The van der Waals surface area contributed by atoms with Gasteiger partial charge in [-0.1, -0.05) is 13.0 Å². The van der Waals surface area contributed by atoms with Crippen molar-refractivity contribution in [1.82, 2.24) is 19.4 Å². The predicted molar refractivity (Wildman–Crippen MR) is 102 cm³/mol. The Kier molecular flexibility index (Phi) is 5.15. The summed E-state index contributed by atoms with van der Waals surface area (Å²) in [6, 6.07) is 6.84. The monoisotopic (exact) mass is 357 g/mol. The van der Waals surface area contributed by atoms with Crippen LogP contribution in [0.3, 0.4) is 0 Å². The fourth-order valence-electron chi connectivity index (χ4n) is 3.21. The number of nitrogens with zero attached hydrogens (tertiary/aromatic N) is 4. The minimum atomic E-state index is 0.105. The number of aromatic nitrogens is 3. The lowest BCUT2D eigenvalue weighted by Gasteiger charge is -2.33. The first-order chi connectivity index (χ1) is 12.0. The maximum atomic E-state index is 7.82. The van der Waals surface area contributed by atoms with Crippen molar-refractivity contribution in [2.75, 3.05) is 21.2 Å². The van der Waals surface area contributed by atoms with E-state index in [4.69, 9.17) is 10.1 Å². The van der Waals surface area contributed by atoms with Crippen LogP contribution in [0, 0.1) is 5.41 Å². The van der Waals surface area contributed by atoms with Crippen molar-refractivity contribution in [3.05, 3.63) is 47.5 Å². The molecule has 0 aliphatic heterocycles. The molecule has 2 atom stereocenters. The standard InChI is InChI=1S/C18H23N5OS/c1-5-14(22(2)3)16(23-9-8-20-11-23)12-6-7-13-15(10-12)25-18(21-13)17(19)24-4/h6-11,14,16,19H,5H2,1-4H3. The fraction of sp³-hybridized carbons (Fsp3) is 0.389. The van der Waals surface area contributed by atoms with Crippen molar-refractivity contribution in [3.63, 3.8) is 0 Å². The molecule has 0 saturated carbocycles. The van der Waals surface area contributed by atoms with Crippen LogP contribution < -0.4 is 0 Å². The lowest BCUT2D eigenvalue weighted by Crippen LogP contribution is -2.36. The van der Waals surface area contributed by atoms with Gasteiger partial charge in [-0.15, -0.1) is 11.3 Å². The fourth-order valence-corrected chi connectivity index (χ4v) is 4.15. The summed E-state index contributed by atoms with van der Waals surface area (Å²) in [5.74, 6) is 0.105. The number of methoxy groups -OCH3 is 1. The number of hydrogen-bond acceptors (Lipinski definition) is 6. The van der Waals surface area contributed by atoms with Gasteiger partial charge in [0, 0.05) is 18.4 Å². The summed E-state index contributed by atoms with van der Waals surface area (Å²) in [5.41, 5.74) is 2.11. The van der Waals surface area contributed by atoms with Crippen molar-refractivity contribution < 1.29 is 4.74 Å². The predicted octanol–water partition coefficient (Wildman–Crippen LogP) is 3.39. The van der Waals surface area contributed by atoms with Gasteiger partial charge in [-0.3, -0.25) is 5.41 Å². The molecule has 0 fully saturated rings. The number of imidazole rings is 1. The van der Waals surface area contributed by atoms with E-state index in [0.29, 0.717) is 11.0 Å². The first-order valence-electron chi connectivity index (χ1n) is 8.22. The molecule has 3 aromatic rings. The molecule has 1 N–H and O–H groups in total. The Hall–Kier alpha value is -2.25. The number of nitrogens with one attached hydrogen (secondary N) is 1. The van der Waals surface area contributed by atoms with Crippen molar-refractivity contribution >= 4 is 27.5 Å². The van der Waals surface area contributed by atoms with Crippen LogP contribution in [-0.2, 0) is 4.74 Å². The van der Waals surface area contributed by atoms with Crippen molar-refractivity contribution in [3.8, 4) is 0 Å². The largest absolute Gasteiger partial charge is 0.479 e. The van der Waals surface area contributed by atoms with Crippen molar-refractivity contribution in [2.45, 2.75) is 25.4 Å². The van der Waals surface area contributed by atoms with Crippen LogP contribution in [0.4, 0.5) is 0 Å². The zero-order valence-electron chi connectivity index (χ0n) is 14.9. The van der Waals surface area contributed by atoms with Crippen LogP contribution in [-0.4, -0.2) is 52.6 Å². The molecule has 0 bridgehead atoms. The van der Waals surface area contributed by atoms with Crippen LogP contribution in [0.5, 0.6) is 0 Å². The second-order valence-corrected chi connectivity index (χ2v) is 7.20. The summed E-state index contributed by atoms with van der Waals surface area (Å²) in [6.07, 6.45) is 6.73. The highest BCUT2D eigenvalue weighted by Gasteiger charge is 2.25. The highest BCUT2D eigenvalue weighted by molar-refractivity contribution is 7.20. The van der Waals surface area contributed by atoms with Gasteiger partial charge in [-0.2, -0.15) is 0 Å². The first kappa shape index (κ1) is 17.6. The average molecular weight is 357 g/mol. The van der Waals surface area contributed by atoms with E-state index in [1.807, 2.05) is 24.8 Å². The van der Waals surface area contributed by atoms with Crippen LogP contribution in [0.1, 0.15) is 30.0 Å². The lowest BCUT2D eigenvalue weighted by atomic mass is 9.96. The van der Waals surface area contributed by atoms with Gasteiger partial charge in [0.25, 0.3) is 0 Å². The highest BCUT2D eigenvalue weighted by Crippen LogP contribution is 2.31. The summed E-state index contributed by atoms with van der Waals surface area (Å²) in [7, 11) is 5.72. The third-order valence-electron chi connectivity index (χ3n) is 4.44. The van der Waals surface area contributed by atoms with E-state index in [9.17, 15) is 0 Å². The number of fused-ring (bicyclic) bond motifs is 1. The summed E-state index contributed by atoms with van der Waals surface area (Å²) in [5, 5.41) is 8.43. The summed E-state index contributed by atoms with van der Waals surface area (Å²) < 4.78 is 8.23. The molecule has 132 valence electrons. The molecule has 0 saturated heterocycles. The molecule has 25 heavy (non-hydrogen) atoms. The number of hydrogen-bond donors (Lipinski definition) is 1. The van der Waals surface area contributed by atoms with Gasteiger partial charge in [0.1, 0.15) is 0 Å². The second-order valence-electron chi connectivity index (χ2n) is 6.17. The Morgan fingerprint density at radius 1 is 1.40 bits per heavy atom. The molecule has 1 aromatic carbocycles. The molecule has 2 unspecified atom stereocenters. The molecule has 0 aliphatic rings. The van der Waals surface area contributed by atoms with E-state index < -0.39 is 0 Å². The Morgan fingerprint density at radius 3 is 2.80 bits per heavy atom. The van der Waals surface area contributed by atoms with E-state index in [2.05, 4.69) is 52.6 Å². The van der Waals surface area contributed by atoms with Crippen LogP contribution >= 0.6 is 11.3 Å². The minimum absolute atomic E-state index is 0.105. The maximum absolute atomic E-state index is 7.82. The van der Waals surface area contributed by atoms with E-state index in [0.717, 1.165) is 16.6 Å². The average Bonchev–Trinajstić information content (AvgIpc) is 3.27. The highest BCUT2D eigenvalue weighted by atomic mass is 32.1. The van der Waals surface area contributed by atoms with Gasteiger partial charge in [0.15, 0.2) is 5.01 Å². The topological polar surface area (TPSA) is 67.0 Å². The van der Waals surface area contributed by atoms with Crippen LogP contribution in [0.25, 0.3) is 10.2 Å². The maximum Gasteiger partial charge on any atom is 0.242 e. The summed E-state index contributed by atoms with van der Waals surface area (Å²) >= 11 is 1.49. The van der Waals surface area contributed by atoms with Gasteiger partial charge in [0.2, 0.25) is 5.90 Å². The molecular formula is C18H23N5OS. The zero-order valence-corrected chi connectivity index (χ0v) is 15.7. The molecule has 3 rings (SSSR count). The molecule has 0 aliphatic carbocycles. The lowest BCUT2D eigenvalue weighted by molar-refractivity contribution is 0.227. The summed E-state index contributed by atoms with van der Waals surface area (Å²) in [4.78, 5) is 11.0. The third kappa shape index (κ3) is 3.43. The van der Waals surface area contributed by atoms with Gasteiger partial charge >= 0.3 is 0 Å². The van der Waals surface area contributed by atoms with Crippen molar-refractivity contribution in [1.29, 1.82) is 5.41 Å². The third-order valence-corrected chi connectivity index (χ3v) is 5.46. The van der Waals surface area contributed by atoms with Gasteiger partial charge in [-0.25, -0.2) is 9.97 Å². The second kappa shape index (κ2) is 7.33. The number of rotatable bonds is 6. The van der Waals surface area contributed by atoms with E-state index in [1.165, 1.54) is 24.0 Å². The Balaban J connectivity index is 2.07. The smallest absolute Gasteiger partial charge is 0.242 e. The molecule has 2 aromatic heterocycles. The molecule has 2 heterocycles. The Labute approximate surface area is 151 Å². The molecule has 0 radical (unpaired) electrons. The van der Waals surface area contributed by atoms with Crippen molar-refractivity contribution in [2.24, 2.45) is 0 Å². The first-order valence-corrected chi connectivity index (χ1v) is 9.04. The number of benzene rings is 1. The Bertz CT molecular complexity index is 856. The normalized spacial score (nSPS) is 14.0. The van der Waals surface area contributed by atoms with E-state index in [1.54, 1.807) is 0 Å². The molecule has 7 heteroatoms. The minimum Gasteiger partial charge on any atom is -0.479 e. The number of ether oxygens (including phenoxy) is 1. The number of likely N-dealkylation sites (N-methyl/N-ethyl adjacent to an activating group) is 1.